The van der Waals surface area contributed by atoms with Crippen molar-refractivity contribution in [2.24, 2.45) is 0 Å². The van der Waals surface area contributed by atoms with Gasteiger partial charge in [0.05, 0.1) is 24.5 Å². The van der Waals surface area contributed by atoms with Crippen LogP contribution in [0.25, 0.3) is 11.3 Å². The van der Waals surface area contributed by atoms with E-state index in [1.807, 2.05) is 55.5 Å². The summed E-state index contributed by atoms with van der Waals surface area (Å²) < 4.78 is 10.9. The van der Waals surface area contributed by atoms with Gasteiger partial charge in [0.25, 0.3) is 0 Å². The third kappa shape index (κ3) is 5.67. The van der Waals surface area contributed by atoms with E-state index < -0.39 is 0 Å². The molecule has 1 amide bonds. The molecule has 27 heavy (non-hydrogen) atoms. The van der Waals surface area contributed by atoms with E-state index in [1.54, 1.807) is 6.20 Å². The topological polar surface area (TPSA) is 77.2 Å². The Balaban J connectivity index is 1.43. The van der Waals surface area contributed by atoms with Crippen molar-refractivity contribution in [1.29, 1.82) is 0 Å². The van der Waals surface area contributed by atoms with E-state index in [0.717, 1.165) is 22.7 Å². The predicted octanol–water partition coefficient (Wildman–Crippen LogP) is 3.77. The summed E-state index contributed by atoms with van der Waals surface area (Å²) >= 11 is 0. The number of carbonyl (C=O) groups is 1. The number of nitrogens with one attached hydrogen (secondary N) is 1. The second-order valence-corrected chi connectivity index (χ2v) is 6.09. The summed E-state index contributed by atoms with van der Waals surface area (Å²) in [4.78, 5) is 16.1. The Morgan fingerprint density at radius 2 is 2.00 bits per heavy atom. The van der Waals surface area contributed by atoms with Crippen molar-refractivity contribution in [3.05, 3.63) is 66.1 Å². The normalized spacial score (nSPS) is 10.6. The minimum absolute atomic E-state index is 0.0101. The lowest BCUT2D eigenvalue weighted by atomic mass is 10.1. The molecule has 0 radical (unpaired) electrons. The van der Waals surface area contributed by atoms with Crippen LogP contribution in [0.5, 0.6) is 5.75 Å². The van der Waals surface area contributed by atoms with Gasteiger partial charge < -0.3 is 14.6 Å². The summed E-state index contributed by atoms with van der Waals surface area (Å²) in [7, 11) is 0. The molecule has 6 heteroatoms. The van der Waals surface area contributed by atoms with Gasteiger partial charge in [0.15, 0.2) is 5.76 Å². The third-order valence-corrected chi connectivity index (χ3v) is 4.04. The van der Waals surface area contributed by atoms with Crippen LogP contribution in [0.15, 0.2) is 59.3 Å². The highest BCUT2D eigenvalue weighted by atomic mass is 16.5. The first-order valence-corrected chi connectivity index (χ1v) is 9.10. The fourth-order valence-electron chi connectivity index (χ4n) is 2.66. The number of rotatable bonds is 9. The Labute approximate surface area is 158 Å². The molecule has 0 spiro atoms. The summed E-state index contributed by atoms with van der Waals surface area (Å²) in [5.41, 5.74) is 2.64. The SMILES string of the molecule is CCOc1ccc(-c2cc(CCCC(=O)NCc3ccccn3)no2)cc1. The van der Waals surface area contributed by atoms with E-state index in [0.29, 0.717) is 38.2 Å². The molecule has 0 aliphatic carbocycles. The second kappa shape index (κ2) is 9.52. The Hall–Kier alpha value is -3.15. The minimum Gasteiger partial charge on any atom is -0.494 e. The molecular weight excluding hydrogens is 342 g/mol. The first kappa shape index (κ1) is 18.6. The quantitative estimate of drug-likeness (QED) is 0.624. The molecule has 0 aliphatic rings. The summed E-state index contributed by atoms with van der Waals surface area (Å²) in [6, 6.07) is 15.3. The third-order valence-electron chi connectivity index (χ3n) is 4.04. The Bertz CT molecular complexity index is 845. The van der Waals surface area contributed by atoms with Gasteiger partial charge in [0.2, 0.25) is 5.91 Å². The van der Waals surface area contributed by atoms with Crippen LogP contribution in [0, 0.1) is 0 Å². The molecular formula is C21H23N3O3. The zero-order valence-corrected chi connectivity index (χ0v) is 15.4. The first-order valence-electron chi connectivity index (χ1n) is 9.10. The maximum atomic E-state index is 11.9. The predicted molar refractivity (Wildman–Crippen MR) is 102 cm³/mol. The maximum Gasteiger partial charge on any atom is 0.220 e. The van der Waals surface area contributed by atoms with Gasteiger partial charge in [0.1, 0.15) is 5.75 Å². The smallest absolute Gasteiger partial charge is 0.220 e. The molecule has 2 aromatic heterocycles. The van der Waals surface area contributed by atoms with Gasteiger partial charge in [-0.25, -0.2) is 0 Å². The highest BCUT2D eigenvalue weighted by molar-refractivity contribution is 5.75. The molecule has 0 saturated heterocycles. The van der Waals surface area contributed by atoms with Crippen LogP contribution < -0.4 is 10.1 Å². The number of benzene rings is 1. The van der Waals surface area contributed by atoms with Gasteiger partial charge in [-0.05, 0) is 56.2 Å². The van der Waals surface area contributed by atoms with Crippen molar-refractivity contribution in [2.45, 2.75) is 32.7 Å². The number of aryl methyl sites for hydroxylation is 1. The average Bonchev–Trinajstić information content (AvgIpc) is 3.17. The lowest BCUT2D eigenvalue weighted by Gasteiger charge is -2.03. The molecule has 3 rings (SSSR count). The molecule has 0 bridgehead atoms. The van der Waals surface area contributed by atoms with Gasteiger partial charge in [-0.15, -0.1) is 0 Å². The zero-order valence-electron chi connectivity index (χ0n) is 15.4. The number of aromatic nitrogens is 2. The Morgan fingerprint density at radius 1 is 1.15 bits per heavy atom. The number of pyridine rings is 1. The number of carbonyl (C=O) groups excluding carboxylic acids is 1. The molecule has 1 N–H and O–H groups in total. The van der Waals surface area contributed by atoms with Crippen molar-refractivity contribution in [2.75, 3.05) is 6.61 Å². The Kier molecular flexibility index (Phi) is 6.57. The second-order valence-electron chi connectivity index (χ2n) is 6.09. The number of hydrogen-bond donors (Lipinski definition) is 1. The average molecular weight is 365 g/mol. The molecule has 6 nitrogen and oxygen atoms in total. The van der Waals surface area contributed by atoms with E-state index in [1.165, 1.54) is 0 Å². The van der Waals surface area contributed by atoms with E-state index in [-0.39, 0.29) is 5.91 Å². The van der Waals surface area contributed by atoms with Crippen molar-refractivity contribution in [3.8, 4) is 17.1 Å². The van der Waals surface area contributed by atoms with Gasteiger partial charge in [-0.1, -0.05) is 11.2 Å². The number of amides is 1. The fraction of sp³-hybridized carbons (Fsp3) is 0.286. The molecule has 0 unspecified atom stereocenters. The van der Waals surface area contributed by atoms with Crippen molar-refractivity contribution in [1.82, 2.24) is 15.5 Å². The van der Waals surface area contributed by atoms with Crippen LogP contribution in [0.2, 0.25) is 0 Å². The number of ether oxygens (including phenoxy) is 1. The molecule has 3 aromatic rings. The molecule has 0 saturated carbocycles. The van der Waals surface area contributed by atoms with E-state index >= 15 is 0 Å². The lowest BCUT2D eigenvalue weighted by molar-refractivity contribution is -0.121. The van der Waals surface area contributed by atoms with Crippen LogP contribution >= 0.6 is 0 Å². The highest BCUT2D eigenvalue weighted by Crippen LogP contribution is 2.23. The first-order chi connectivity index (χ1) is 13.2. The van der Waals surface area contributed by atoms with Crippen LogP contribution in [-0.4, -0.2) is 22.7 Å². The molecule has 1 aromatic carbocycles. The highest BCUT2D eigenvalue weighted by Gasteiger charge is 2.08. The summed E-state index contributed by atoms with van der Waals surface area (Å²) in [5.74, 6) is 1.56. The monoisotopic (exact) mass is 365 g/mol. The number of nitrogens with zero attached hydrogens (tertiary/aromatic N) is 2. The van der Waals surface area contributed by atoms with E-state index in [2.05, 4.69) is 15.5 Å². The van der Waals surface area contributed by atoms with Gasteiger partial charge >= 0.3 is 0 Å². The number of hydrogen-bond acceptors (Lipinski definition) is 5. The molecule has 0 atom stereocenters. The lowest BCUT2D eigenvalue weighted by Crippen LogP contribution is -2.22. The van der Waals surface area contributed by atoms with Crippen molar-refractivity contribution in [3.63, 3.8) is 0 Å². The van der Waals surface area contributed by atoms with Crippen LogP contribution in [0.3, 0.4) is 0 Å². The van der Waals surface area contributed by atoms with Crippen LogP contribution in [-0.2, 0) is 17.8 Å². The largest absolute Gasteiger partial charge is 0.494 e. The Morgan fingerprint density at radius 3 is 2.74 bits per heavy atom. The molecule has 0 aliphatic heterocycles. The standard InChI is InChI=1S/C21H23N3O3/c1-2-26-19-11-9-16(10-12-19)20-14-17(24-27-20)7-5-8-21(25)23-15-18-6-3-4-13-22-18/h3-4,6,9-14H,2,5,7-8,15H2,1H3,(H,23,25). The van der Waals surface area contributed by atoms with Gasteiger partial charge in [0, 0.05) is 24.2 Å². The summed E-state index contributed by atoms with van der Waals surface area (Å²) in [5, 5.41) is 6.97. The van der Waals surface area contributed by atoms with Gasteiger partial charge in [-0.2, -0.15) is 0 Å². The molecule has 2 heterocycles. The molecule has 140 valence electrons. The fourth-order valence-corrected chi connectivity index (χ4v) is 2.66. The van der Waals surface area contributed by atoms with E-state index in [4.69, 9.17) is 9.26 Å². The zero-order chi connectivity index (χ0) is 18.9. The van der Waals surface area contributed by atoms with Crippen LogP contribution in [0.1, 0.15) is 31.2 Å². The summed E-state index contributed by atoms with van der Waals surface area (Å²) in [6.07, 6.45) is 3.56. The van der Waals surface area contributed by atoms with Crippen molar-refractivity contribution >= 4 is 5.91 Å². The van der Waals surface area contributed by atoms with E-state index in [9.17, 15) is 4.79 Å². The van der Waals surface area contributed by atoms with Crippen molar-refractivity contribution < 1.29 is 14.1 Å². The molecule has 0 fully saturated rings. The van der Waals surface area contributed by atoms with Crippen LogP contribution in [0.4, 0.5) is 0 Å². The maximum absolute atomic E-state index is 11.9. The summed E-state index contributed by atoms with van der Waals surface area (Å²) in [6.45, 7) is 3.04. The minimum atomic E-state index is 0.0101. The van der Waals surface area contributed by atoms with Gasteiger partial charge in [-0.3, -0.25) is 9.78 Å².